The molecule has 28 heavy (non-hydrogen) atoms. The average Bonchev–Trinajstić information content (AvgIpc) is 3.28. The summed E-state index contributed by atoms with van der Waals surface area (Å²) in [6, 6.07) is 9.46. The van der Waals surface area contributed by atoms with E-state index >= 15 is 0 Å². The first-order valence-corrected chi connectivity index (χ1v) is 9.02. The van der Waals surface area contributed by atoms with Gasteiger partial charge in [-0.05, 0) is 43.7 Å². The van der Waals surface area contributed by atoms with Crippen LogP contribution >= 0.6 is 0 Å². The molecule has 1 aliphatic heterocycles. The predicted octanol–water partition coefficient (Wildman–Crippen LogP) is 3.29. The van der Waals surface area contributed by atoms with Crippen LogP contribution in [0.15, 0.2) is 58.4 Å². The molecule has 0 saturated carbocycles. The van der Waals surface area contributed by atoms with Gasteiger partial charge >= 0.3 is 0 Å². The van der Waals surface area contributed by atoms with E-state index in [-0.39, 0.29) is 30.6 Å². The minimum atomic E-state index is -0.768. The maximum atomic E-state index is 13.0. The Bertz CT molecular complexity index is 884. The van der Waals surface area contributed by atoms with Crippen LogP contribution in [0.4, 0.5) is 0 Å². The number of nitrogens with zero attached hydrogens (tertiary/aromatic N) is 1. The van der Waals surface area contributed by atoms with Gasteiger partial charge in [-0.15, -0.1) is 0 Å². The smallest absolute Gasteiger partial charge is 0.290 e. The Morgan fingerprint density at radius 2 is 2.07 bits per heavy atom. The number of ether oxygens (including phenoxy) is 2. The highest BCUT2D eigenvalue weighted by atomic mass is 16.5. The highest BCUT2D eigenvalue weighted by molar-refractivity contribution is 6.15. The molecule has 7 heteroatoms. The van der Waals surface area contributed by atoms with Crippen molar-refractivity contribution in [1.82, 2.24) is 4.90 Å². The Kier molecular flexibility index (Phi) is 5.84. The molecule has 148 valence electrons. The first-order valence-electron chi connectivity index (χ1n) is 9.02. The molecule has 0 radical (unpaired) electrons. The number of benzene rings is 1. The molecule has 1 aliphatic rings. The fourth-order valence-corrected chi connectivity index (χ4v) is 3.22. The van der Waals surface area contributed by atoms with E-state index in [0.29, 0.717) is 11.3 Å². The number of rotatable bonds is 8. The van der Waals surface area contributed by atoms with Crippen LogP contribution in [0.1, 0.15) is 36.0 Å². The van der Waals surface area contributed by atoms with E-state index in [4.69, 9.17) is 13.9 Å². The third kappa shape index (κ3) is 3.80. The Morgan fingerprint density at radius 1 is 1.29 bits per heavy atom. The zero-order valence-corrected chi connectivity index (χ0v) is 16.0. The van der Waals surface area contributed by atoms with E-state index in [9.17, 15) is 14.7 Å². The molecule has 0 spiro atoms. The van der Waals surface area contributed by atoms with E-state index in [1.807, 2.05) is 13.8 Å². The second kappa shape index (κ2) is 8.31. The highest BCUT2D eigenvalue weighted by Gasteiger charge is 2.44. The van der Waals surface area contributed by atoms with Crippen molar-refractivity contribution in [3.05, 3.63) is 65.3 Å². The van der Waals surface area contributed by atoms with Crippen LogP contribution < -0.4 is 4.74 Å². The third-order valence-corrected chi connectivity index (χ3v) is 4.38. The van der Waals surface area contributed by atoms with Crippen molar-refractivity contribution in [3.63, 3.8) is 0 Å². The molecule has 0 aliphatic carbocycles. The minimum absolute atomic E-state index is 0.0160. The van der Waals surface area contributed by atoms with Crippen molar-refractivity contribution in [2.45, 2.75) is 26.0 Å². The number of Topliss-reactive ketones (excluding diaryl/α,β-unsaturated/α-hetero) is 1. The largest absolute Gasteiger partial charge is 0.503 e. The number of carbonyl (C=O) groups is 2. The normalized spacial score (nSPS) is 16.9. The number of furan rings is 1. The van der Waals surface area contributed by atoms with Crippen LogP contribution in [-0.4, -0.2) is 48.1 Å². The summed E-state index contributed by atoms with van der Waals surface area (Å²) in [5, 5.41) is 10.5. The quantitative estimate of drug-likeness (QED) is 0.702. The van der Waals surface area contributed by atoms with Crippen LogP contribution in [0, 0.1) is 0 Å². The maximum absolute atomic E-state index is 13.0. The zero-order chi connectivity index (χ0) is 20.3. The van der Waals surface area contributed by atoms with Crippen LogP contribution in [0.5, 0.6) is 5.75 Å². The fraction of sp³-hybridized carbons (Fsp3) is 0.333. The van der Waals surface area contributed by atoms with Crippen LogP contribution in [0.25, 0.3) is 0 Å². The van der Waals surface area contributed by atoms with Crippen molar-refractivity contribution in [3.8, 4) is 5.75 Å². The van der Waals surface area contributed by atoms with E-state index < -0.39 is 23.5 Å². The summed E-state index contributed by atoms with van der Waals surface area (Å²) in [4.78, 5) is 27.1. The summed E-state index contributed by atoms with van der Waals surface area (Å²) in [6.45, 7) is 4.30. The van der Waals surface area contributed by atoms with Crippen molar-refractivity contribution in [2.24, 2.45) is 0 Å². The van der Waals surface area contributed by atoms with Gasteiger partial charge in [0.25, 0.3) is 5.91 Å². The fourth-order valence-electron chi connectivity index (χ4n) is 3.22. The maximum Gasteiger partial charge on any atom is 0.290 e. The second-order valence-corrected chi connectivity index (χ2v) is 6.70. The van der Waals surface area contributed by atoms with Gasteiger partial charge in [0.15, 0.2) is 11.5 Å². The number of aliphatic hydroxyl groups is 1. The molecule has 1 aromatic heterocycles. The minimum Gasteiger partial charge on any atom is -0.503 e. The molecule has 3 rings (SSSR count). The third-order valence-electron chi connectivity index (χ3n) is 4.38. The molecular weight excluding hydrogens is 362 g/mol. The molecule has 0 bridgehead atoms. The van der Waals surface area contributed by atoms with Crippen molar-refractivity contribution in [1.29, 1.82) is 0 Å². The number of ketones is 1. The monoisotopic (exact) mass is 385 g/mol. The Hall–Kier alpha value is -3.06. The molecule has 1 atom stereocenters. The Balaban J connectivity index is 2.06. The number of methoxy groups -OCH3 is 1. The summed E-state index contributed by atoms with van der Waals surface area (Å²) >= 11 is 0. The zero-order valence-electron chi connectivity index (χ0n) is 16.0. The highest BCUT2D eigenvalue weighted by Crippen LogP contribution is 2.39. The molecule has 2 heterocycles. The predicted molar refractivity (Wildman–Crippen MR) is 101 cm³/mol. The van der Waals surface area contributed by atoms with E-state index in [1.54, 1.807) is 30.3 Å². The number of hydrogen-bond donors (Lipinski definition) is 1. The first-order chi connectivity index (χ1) is 13.4. The molecule has 1 aromatic carbocycles. The lowest BCUT2D eigenvalue weighted by Crippen LogP contribution is -2.34. The molecule has 0 saturated heterocycles. The van der Waals surface area contributed by atoms with Crippen molar-refractivity contribution < 1.29 is 28.6 Å². The molecule has 2 aromatic rings. The molecule has 1 amide bonds. The SMILES string of the molecule is COCCN1C(=O)C(O)=C(C(=O)c2ccco2)C1c1cccc(OC(C)C)c1. The van der Waals surface area contributed by atoms with E-state index in [2.05, 4.69) is 0 Å². The summed E-state index contributed by atoms with van der Waals surface area (Å²) in [7, 11) is 1.52. The number of aliphatic hydroxyl groups excluding tert-OH is 1. The van der Waals surface area contributed by atoms with Gasteiger partial charge in [0.1, 0.15) is 5.75 Å². The van der Waals surface area contributed by atoms with Gasteiger partial charge < -0.3 is 23.9 Å². The summed E-state index contributed by atoms with van der Waals surface area (Å²) < 4.78 is 16.0. The van der Waals surface area contributed by atoms with Crippen LogP contribution in [0.3, 0.4) is 0 Å². The summed E-state index contributed by atoms with van der Waals surface area (Å²) in [5.74, 6) is -1.05. The van der Waals surface area contributed by atoms with Gasteiger partial charge in [-0.2, -0.15) is 0 Å². The van der Waals surface area contributed by atoms with Gasteiger partial charge in [-0.3, -0.25) is 9.59 Å². The number of hydrogen-bond acceptors (Lipinski definition) is 6. The molecule has 1 N–H and O–H groups in total. The van der Waals surface area contributed by atoms with Gasteiger partial charge in [0.2, 0.25) is 5.78 Å². The average molecular weight is 385 g/mol. The van der Waals surface area contributed by atoms with E-state index in [1.165, 1.54) is 24.3 Å². The number of carbonyl (C=O) groups excluding carboxylic acids is 2. The molecule has 1 unspecified atom stereocenters. The van der Waals surface area contributed by atoms with Gasteiger partial charge in [-0.25, -0.2) is 0 Å². The topological polar surface area (TPSA) is 89.2 Å². The summed E-state index contributed by atoms with van der Waals surface area (Å²) in [5.41, 5.74) is 0.638. The molecule has 0 fully saturated rings. The van der Waals surface area contributed by atoms with E-state index in [0.717, 1.165) is 0 Å². The lowest BCUT2D eigenvalue weighted by Gasteiger charge is -2.26. The molecular formula is C21H23NO6. The van der Waals surface area contributed by atoms with Crippen LogP contribution in [0.2, 0.25) is 0 Å². The number of amides is 1. The Labute approximate surface area is 163 Å². The van der Waals surface area contributed by atoms with Crippen molar-refractivity contribution in [2.75, 3.05) is 20.3 Å². The Morgan fingerprint density at radius 3 is 2.71 bits per heavy atom. The lowest BCUT2D eigenvalue weighted by molar-refractivity contribution is -0.130. The first kappa shape index (κ1) is 19.7. The summed E-state index contributed by atoms with van der Waals surface area (Å²) in [6.07, 6.45) is 1.34. The van der Waals surface area contributed by atoms with Gasteiger partial charge in [0.05, 0.1) is 30.6 Å². The molecule has 7 nitrogen and oxygen atoms in total. The van der Waals surface area contributed by atoms with Gasteiger partial charge in [0, 0.05) is 13.7 Å². The second-order valence-electron chi connectivity index (χ2n) is 6.70. The van der Waals surface area contributed by atoms with Crippen molar-refractivity contribution >= 4 is 11.7 Å². The standard InChI is InChI=1S/C21H23NO6/c1-13(2)28-15-7-4-6-14(12-15)18-17(19(23)16-8-5-10-27-16)20(24)21(25)22(18)9-11-26-3/h4-8,10,12-13,18,24H,9,11H2,1-3H3. The lowest BCUT2D eigenvalue weighted by atomic mass is 9.95. The van der Waals surface area contributed by atoms with Gasteiger partial charge in [-0.1, -0.05) is 12.1 Å². The van der Waals surface area contributed by atoms with Crippen LogP contribution in [-0.2, 0) is 9.53 Å².